The van der Waals surface area contributed by atoms with E-state index in [0.29, 0.717) is 12.5 Å². The van der Waals surface area contributed by atoms with Crippen molar-refractivity contribution in [3.63, 3.8) is 0 Å². The normalized spacial score (nSPS) is 10.4. The lowest BCUT2D eigenvalue weighted by atomic mass is 10.2. The maximum absolute atomic E-state index is 11.3. The predicted octanol–water partition coefficient (Wildman–Crippen LogP) is 2.25. The number of hydrogen-bond acceptors (Lipinski definition) is 1. The van der Waals surface area contributed by atoms with Gasteiger partial charge in [-0.25, -0.2) is 0 Å². The van der Waals surface area contributed by atoms with Gasteiger partial charge in [0.05, 0.1) is 0 Å². The van der Waals surface area contributed by atoms with E-state index in [1.54, 1.807) is 0 Å². The van der Waals surface area contributed by atoms with E-state index in [9.17, 15) is 4.79 Å². The highest BCUT2D eigenvalue weighted by molar-refractivity contribution is 5.76. The van der Waals surface area contributed by atoms with Gasteiger partial charge in [0.25, 0.3) is 0 Å². The van der Waals surface area contributed by atoms with Crippen LogP contribution >= 0.6 is 0 Å². The first-order chi connectivity index (χ1) is 5.63. The first-order valence-electron chi connectivity index (χ1n) is 4.72. The largest absolute Gasteiger partial charge is 0.340 e. The summed E-state index contributed by atoms with van der Waals surface area (Å²) in [5.41, 5.74) is 0. The second-order valence-electron chi connectivity index (χ2n) is 3.28. The van der Waals surface area contributed by atoms with Gasteiger partial charge in [0.15, 0.2) is 0 Å². The zero-order valence-corrected chi connectivity index (χ0v) is 8.47. The van der Waals surface area contributed by atoms with E-state index in [1.165, 1.54) is 0 Å². The van der Waals surface area contributed by atoms with Gasteiger partial charge >= 0.3 is 0 Å². The van der Waals surface area contributed by atoms with Crippen molar-refractivity contribution in [3.8, 4) is 0 Å². The van der Waals surface area contributed by atoms with Gasteiger partial charge in [-0.1, -0.05) is 13.3 Å². The summed E-state index contributed by atoms with van der Waals surface area (Å²) in [4.78, 5) is 13.2. The lowest BCUT2D eigenvalue weighted by Crippen LogP contribution is -2.37. The van der Waals surface area contributed by atoms with E-state index in [-0.39, 0.29) is 5.91 Å². The zero-order chi connectivity index (χ0) is 9.56. The number of rotatable bonds is 5. The molecular formula is C10H20NO. The van der Waals surface area contributed by atoms with E-state index in [4.69, 9.17) is 0 Å². The van der Waals surface area contributed by atoms with Gasteiger partial charge in [0, 0.05) is 19.0 Å². The monoisotopic (exact) mass is 170 g/mol. The second-order valence-corrected chi connectivity index (χ2v) is 3.28. The maximum Gasteiger partial charge on any atom is 0.222 e. The zero-order valence-electron chi connectivity index (χ0n) is 8.47. The molecule has 2 heteroatoms. The summed E-state index contributed by atoms with van der Waals surface area (Å²) in [5, 5.41) is 0. The van der Waals surface area contributed by atoms with Crippen LogP contribution in [0.25, 0.3) is 0 Å². The van der Waals surface area contributed by atoms with Gasteiger partial charge in [-0.05, 0) is 27.2 Å². The predicted molar refractivity (Wildman–Crippen MR) is 51.7 cm³/mol. The van der Waals surface area contributed by atoms with E-state index in [2.05, 4.69) is 13.8 Å². The Morgan fingerprint density at radius 1 is 1.50 bits per heavy atom. The number of unbranched alkanes of at least 4 members (excludes halogenated alkanes) is 1. The van der Waals surface area contributed by atoms with Crippen LogP contribution in [0.5, 0.6) is 0 Å². The van der Waals surface area contributed by atoms with Crippen molar-refractivity contribution < 1.29 is 4.79 Å². The van der Waals surface area contributed by atoms with Gasteiger partial charge in [-0.3, -0.25) is 4.79 Å². The molecule has 0 aliphatic heterocycles. The molecule has 0 bridgehead atoms. The van der Waals surface area contributed by atoms with Crippen molar-refractivity contribution in [1.82, 2.24) is 4.90 Å². The summed E-state index contributed by atoms with van der Waals surface area (Å²) in [6.07, 6.45) is 2.60. The van der Waals surface area contributed by atoms with Crippen LogP contribution < -0.4 is 0 Å². The molecule has 1 radical (unpaired) electrons. The molecule has 0 N–H and O–H groups in total. The lowest BCUT2D eigenvalue weighted by Gasteiger charge is -2.26. The Hall–Kier alpha value is -0.530. The Balaban J connectivity index is 3.95. The lowest BCUT2D eigenvalue weighted by molar-refractivity contribution is -0.132. The molecule has 0 aromatic heterocycles. The average molecular weight is 170 g/mol. The third-order valence-electron chi connectivity index (χ3n) is 1.91. The van der Waals surface area contributed by atoms with Crippen molar-refractivity contribution in [2.75, 3.05) is 6.54 Å². The van der Waals surface area contributed by atoms with E-state index in [1.807, 2.05) is 18.7 Å². The Morgan fingerprint density at radius 3 is 2.42 bits per heavy atom. The highest BCUT2D eigenvalue weighted by atomic mass is 16.2. The topological polar surface area (TPSA) is 20.3 Å². The molecule has 0 aliphatic carbocycles. The fraction of sp³-hybridized carbons (Fsp3) is 0.800. The Morgan fingerprint density at radius 2 is 2.08 bits per heavy atom. The standard InChI is InChI=1S/C10H20NO/c1-5-7-8-11(9(3)4)10(12)6-2/h9H,2,5-8H2,1,3-4H3. The van der Waals surface area contributed by atoms with Crippen molar-refractivity contribution in [3.05, 3.63) is 6.92 Å². The van der Waals surface area contributed by atoms with Crippen LogP contribution in [0.2, 0.25) is 0 Å². The van der Waals surface area contributed by atoms with Gasteiger partial charge < -0.3 is 4.90 Å². The fourth-order valence-electron chi connectivity index (χ4n) is 1.14. The highest BCUT2D eigenvalue weighted by Crippen LogP contribution is 2.03. The summed E-state index contributed by atoms with van der Waals surface area (Å²) in [7, 11) is 0. The summed E-state index contributed by atoms with van der Waals surface area (Å²) in [6.45, 7) is 10.7. The second kappa shape index (κ2) is 6.04. The smallest absolute Gasteiger partial charge is 0.222 e. The van der Waals surface area contributed by atoms with Crippen LogP contribution in [0.3, 0.4) is 0 Å². The van der Waals surface area contributed by atoms with Crippen molar-refractivity contribution >= 4 is 5.91 Å². The molecule has 1 amide bonds. The molecule has 2 nitrogen and oxygen atoms in total. The third-order valence-corrected chi connectivity index (χ3v) is 1.91. The highest BCUT2D eigenvalue weighted by Gasteiger charge is 2.13. The first kappa shape index (κ1) is 11.5. The van der Waals surface area contributed by atoms with Crippen LogP contribution in [0.4, 0.5) is 0 Å². The molecule has 0 aromatic carbocycles. The van der Waals surface area contributed by atoms with Crippen molar-refractivity contribution in [2.45, 2.75) is 46.1 Å². The molecule has 0 heterocycles. The minimum absolute atomic E-state index is 0.165. The molecule has 0 atom stereocenters. The molecule has 0 rings (SSSR count). The van der Waals surface area contributed by atoms with Crippen molar-refractivity contribution in [1.29, 1.82) is 0 Å². The summed E-state index contributed by atoms with van der Waals surface area (Å²) in [6, 6.07) is 0.311. The number of carbonyl (C=O) groups is 1. The van der Waals surface area contributed by atoms with Gasteiger partial charge in [-0.2, -0.15) is 0 Å². The van der Waals surface area contributed by atoms with Gasteiger partial charge in [0.1, 0.15) is 0 Å². The summed E-state index contributed by atoms with van der Waals surface area (Å²) in [5.74, 6) is 0.165. The molecule has 0 spiro atoms. The van der Waals surface area contributed by atoms with Crippen LogP contribution in [-0.2, 0) is 4.79 Å². The molecule has 12 heavy (non-hydrogen) atoms. The SMILES string of the molecule is [CH2]CC(=O)N(CCCC)C(C)C. The quantitative estimate of drug-likeness (QED) is 0.619. The number of hydrogen-bond donors (Lipinski definition) is 0. The molecule has 71 valence electrons. The Bertz CT molecular complexity index is 132. The van der Waals surface area contributed by atoms with E-state index >= 15 is 0 Å². The third kappa shape index (κ3) is 3.74. The van der Waals surface area contributed by atoms with Crippen LogP contribution in [0.15, 0.2) is 0 Å². The maximum atomic E-state index is 11.3. The van der Waals surface area contributed by atoms with Gasteiger partial charge in [-0.15, -0.1) is 0 Å². The average Bonchev–Trinajstić information content (AvgIpc) is 2.04. The molecule has 0 saturated carbocycles. The van der Waals surface area contributed by atoms with Crippen molar-refractivity contribution in [2.24, 2.45) is 0 Å². The molecule has 0 aromatic rings. The van der Waals surface area contributed by atoms with Gasteiger partial charge in [0.2, 0.25) is 5.91 Å². The number of carbonyl (C=O) groups excluding carboxylic acids is 1. The van der Waals surface area contributed by atoms with E-state index in [0.717, 1.165) is 19.4 Å². The summed E-state index contributed by atoms with van der Waals surface area (Å²) >= 11 is 0. The van der Waals surface area contributed by atoms with Crippen LogP contribution in [0.1, 0.15) is 40.0 Å². The van der Waals surface area contributed by atoms with Crippen LogP contribution in [-0.4, -0.2) is 23.4 Å². The number of nitrogens with zero attached hydrogens (tertiary/aromatic N) is 1. The first-order valence-corrected chi connectivity index (χ1v) is 4.72. The molecular weight excluding hydrogens is 150 g/mol. The minimum Gasteiger partial charge on any atom is -0.340 e. The minimum atomic E-state index is 0.165. The Kier molecular flexibility index (Phi) is 5.77. The molecule has 0 saturated heterocycles. The molecule has 0 unspecified atom stereocenters. The fourth-order valence-corrected chi connectivity index (χ4v) is 1.14. The van der Waals surface area contributed by atoms with Crippen LogP contribution in [0, 0.1) is 6.92 Å². The summed E-state index contributed by atoms with van der Waals surface area (Å²) < 4.78 is 0. The number of amides is 1. The molecule has 0 fully saturated rings. The Labute approximate surface area is 75.9 Å². The molecule has 0 aliphatic rings. The van der Waals surface area contributed by atoms with E-state index < -0.39 is 0 Å².